The average molecular weight is 230 g/mol. The number of H-pyrrole nitrogens is 1. The summed E-state index contributed by atoms with van der Waals surface area (Å²) >= 11 is 0. The molecule has 1 aliphatic rings. The molecule has 0 aliphatic carbocycles. The van der Waals surface area contributed by atoms with Crippen molar-refractivity contribution in [3.8, 4) is 0 Å². The van der Waals surface area contributed by atoms with E-state index in [0.29, 0.717) is 5.41 Å². The Kier molecular flexibility index (Phi) is 2.65. The monoisotopic (exact) mass is 230 g/mol. The molecule has 0 radical (unpaired) electrons. The van der Waals surface area contributed by atoms with Crippen LogP contribution in [-0.4, -0.2) is 24.7 Å². The van der Waals surface area contributed by atoms with E-state index in [1.54, 1.807) is 0 Å². The SMILES string of the molecule is CC1(CNCc2ccc3cc[nH]c3c2)COC1. The van der Waals surface area contributed by atoms with Crippen molar-refractivity contribution in [1.29, 1.82) is 0 Å². The van der Waals surface area contributed by atoms with Crippen molar-refractivity contribution in [3.63, 3.8) is 0 Å². The molecule has 2 heterocycles. The molecule has 17 heavy (non-hydrogen) atoms. The van der Waals surface area contributed by atoms with Gasteiger partial charge in [-0.1, -0.05) is 19.1 Å². The molecule has 0 spiro atoms. The van der Waals surface area contributed by atoms with Crippen LogP contribution in [-0.2, 0) is 11.3 Å². The Morgan fingerprint density at radius 2 is 2.24 bits per heavy atom. The number of benzene rings is 1. The van der Waals surface area contributed by atoms with Crippen molar-refractivity contribution in [1.82, 2.24) is 10.3 Å². The zero-order valence-corrected chi connectivity index (χ0v) is 10.1. The highest BCUT2D eigenvalue weighted by Crippen LogP contribution is 2.25. The first kappa shape index (κ1) is 10.8. The highest BCUT2D eigenvalue weighted by atomic mass is 16.5. The number of aromatic amines is 1. The third kappa shape index (κ3) is 2.21. The van der Waals surface area contributed by atoms with Crippen molar-refractivity contribution < 1.29 is 4.74 Å². The van der Waals surface area contributed by atoms with Gasteiger partial charge in [0.15, 0.2) is 0 Å². The van der Waals surface area contributed by atoms with E-state index in [1.165, 1.54) is 16.5 Å². The zero-order chi connectivity index (χ0) is 11.7. The fourth-order valence-corrected chi connectivity index (χ4v) is 2.27. The van der Waals surface area contributed by atoms with Crippen molar-refractivity contribution >= 4 is 10.9 Å². The van der Waals surface area contributed by atoms with Gasteiger partial charge in [0.05, 0.1) is 13.2 Å². The topological polar surface area (TPSA) is 37.0 Å². The second-order valence-corrected chi connectivity index (χ2v) is 5.31. The summed E-state index contributed by atoms with van der Waals surface area (Å²) in [6, 6.07) is 8.65. The van der Waals surface area contributed by atoms with Gasteiger partial charge < -0.3 is 15.0 Å². The van der Waals surface area contributed by atoms with Crippen LogP contribution in [0.2, 0.25) is 0 Å². The quantitative estimate of drug-likeness (QED) is 0.845. The van der Waals surface area contributed by atoms with E-state index in [0.717, 1.165) is 26.3 Å². The second-order valence-electron chi connectivity index (χ2n) is 5.31. The molecule has 2 N–H and O–H groups in total. The number of ether oxygens (including phenoxy) is 1. The smallest absolute Gasteiger partial charge is 0.0554 e. The van der Waals surface area contributed by atoms with E-state index < -0.39 is 0 Å². The predicted octanol–water partition coefficient (Wildman–Crippen LogP) is 2.29. The van der Waals surface area contributed by atoms with Gasteiger partial charge in [0.2, 0.25) is 0 Å². The lowest BCUT2D eigenvalue weighted by atomic mass is 9.89. The average Bonchev–Trinajstić information content (AvgIpc) is 2.74. The first-order valence-electron chi connectivity index (χ1n) is 6.10. The van der Waals surface area contributed by atoms with Crippen molar-refractivity contribution in [2.24, 2.45) is 5.41 Å². The molecule has 1 fully saturated rings. The van der Waals surface area contributed by atoms with Crippen LogP contribution in [0.1, 0.15) is 12.5 Å². The molecule has 1 aromatic heterocycles. The van der Waals surface area contributed by atoms with Crippen LogP contribution in [0.25, 0.3) is 10.9 Å². The lowest BCUT2D eigenvalue weighted by Crippen LogP contribution is -2.47. The van der Waals surface area contributed by atoms with Crippen LogP contribution >= 0.6 is 0 Å². The number of aromatic nitrogens is 1. The molecule has 0 saturated carbocycles. The first-order chi connectivity index (χ1) is 8.25. The Labute approximate surface area is 101 Å². The largest absolute Gasteiger partial charge is 0.380 e. The van der Waals surface area contributed by atoms with Crippen LogP contribution < -0.4 is 5.32 Å². The standard InChI is InChI=1S/C14H18N2O/c1-14(9-17-10-14)8-15-7-11-2-3-12-4-5-16-13(12)6-11/h2-6,15-16H,7-10H2,1H3. The van der Waals surface area contributed by atoms with E-state index in [4.69, 9.17) is 4.74 Å². The third-order valence-electron chi connectivity index (χ3n) is 3.40. The summed E-state index contributed by atoms with van der Waals surface area (Å²) in [6.45, 7) is 5.98. The van der Waals surface area contributed by atoms with Gasteiger partial charge in [0.25, 0.3) is 0 Å². The summed E-state index contributed by atoms with van der Waals surface area (Å²) in [7, 11) is 0. The fourth-order valence-electron chi connectivity index (χ4n) is 2.27. The van der Waals surface area contributed by atoms with Crippen LogP contribution in [0.4, 0.5) is 0 Å². The van der Waals surface area contributed by atoms with Crippen LogP contribution in [0.15, 0.2) is 30.5 Å². The third-order valence-corrected chi connectivity index (χ3v) is 3.40. The van der Waals surface area contributed by atoms with Crippen molar-refractivity contribution in [2.45, 2.75) is 13.5 Å². The Balaban J connectivity index is 1.60. The van der Waals surface area contributed by atoms with E-state index in [-0.39, 0.29) is 0 Å². The molecule has 1 aromatic carbocycles. The predicted molar refractivity (Wildman–Crippen MR) is 68.9 cm³/mol. The molecule has 90 valence electrons. The molecular formula is C14H18N2O. The molecule has 2 aromatic rings. The van der Waals surface area contributed by atoms with Crippen LogP contribution in [0.5, 0.6) is 0 Å². The highest BCUT2D eigenvalue weighted by molar-refractivity contribution is 5.79. The Bertz CT molecular complexity index is 514. The van der Waals surface area contributed by atoms with Gasteiger partial charge in [-0.2, -0.15) is 0 Å². The van der Waals surface area contributed by atoms with Crippen molar-refractivity contribution in [2.75, 3.05) is 19.8 Å². The molecule has 1 aliphatic heterocycles. The number of hydrogen-bond acceptors (Lipinski definition) is 2. The maximum absolute atomic E-state index is 5.24. The van der Waals surface area contributed by atoms with Crippen LogP contribution in [0.3, 0.4) is 0 Å². The molecule has 0 bridgehead atoms. The van der Waals surface area contributed by atoms with E-state index in [1.807, 2.05) is 6.20 Å². The number of rotatable bonds is 4. The van der Waals surface area contributed by atoms with E-state index >= 15 is 0 Å². The number of hydrogen-bond donors (Lipinski definition) is 2. The summed E-state index contributed by atoms with van der Waals surface area (Å²) < 4.78 is 5.24. The lowest BCUT2D eigenvalue weighted by Gasteiger charge is -2.38. The molecule has 0 atom stereocenters. The Hall–Kier alpha value is -1.32. The minimum Gasteiger partial charge on any atom is -0.380 e. The maximum atomic E-state index is 5.24. The lowest BCUT2D eigenvalue weighted by molar-refractivity contribution is -0.0991. The van der Waals surface area contributed by atoms with Gasteiger partial charge in [-0.3, -0.25) is 0 Å². The first-order valence-corrected chi connectivity index (χ1v) is 6.10. The van der Waals surface area contributed by atoms with Gasteiger partial charge in [0.1, 0.15) is 0 Å². The highest BCUT2D eigenvalue weighted by Gasteiger charge is 2.32. The molecule has 3 rings (SSSR count). The zero-order valence-electron chi connectivity index (χ0n) is 10.1. The minimum atomic E-state index is 0.344. The number of fused-ring (bicyclic) bond motifs is 1. The molecule has 3 nitrogen and oxygen atoms in total. The van der Waals surface area contributed by atoms with Gasteiger partial charge >= 0.3 is 0 Å². The molecule has 0 unspecified atom stereocenters. The summed E-state index contributed by atoms with van der Waals surface area (Å²) in [6.07, 6.45) is 1.98. The minimum absolute atomic E-state index is 0.344. The summed E-state index contributed by atoms with van der Waals surface area (Å²) in [4.78, 5) is 3.24. The Morgan fingerprint density at radius 1 is 1.35 bits per heavy atom. The molecular weight excluding hydrogens is 212 g/mol. The Morgan fingerprint density at radius 3 is 3.00 bits per heavy atom. The fraction of sp³-hybridized carbons (Fsp3) is 0.429. The normalized spacial score (nSPS) is 18.2. The maximum Gasteiger partial charge on any atom is 0.0554 e. The molecule has 0 amide bonds. The number of nitrogens with one attached hydrogen (secondary N) is 2. The summed E-state index contributed by atoms with van der Waals surface area (Å²) in [5.74, 6) is 0. The van der Waals surface area contributed by atoms with Gasteiger partial charge in [-0.15, -0.1) is 0 Å². The van der Waals surface area contributed by atoms with Crippen LogP contribution in [0, 0.1) is 5.41 Å². The van der Waals surface area contributed by atoms with Gasteiger partial charge in [-0.25, -0.2) is 0 Å². The van der Waals surface area contributed by atoms with Gasteiger partial charge in [0, 0.05) is 30.2 Å². The van der Waals surface area contributed by atoms with E-state index in [2.05, 4.69) is 41.5 Å². The van der Waals surface area contributed by atoms with Crippen molar-refractivity contribution in [3.05, 3.63) is 36.0 Å². The second kappa shape index (κ2) is 4.17. The van der Waals surface area contributed by atoms with E-state index in [9.17, 15) is 0 Å². The summed E-state index contributed by atoms with van der Waals surface area (Å²) in [5.41, 5.74) is 2.88. The molecule has 1 saturated heterocycles. The summed E-state index contributed by atoms with van der Waals surface area (Å²) in [5, 5.41) is 4.78. The van der Waals surface area contributed by atoms with Gasteiger partial charge in [-0.05, 0) is 23.1 Å². The molecule has 3 heteroatoms.